The van der Waals surface area contributed by atoms with E-state index in [0.29, 0.717) is 17.4 Å². The third kappa shape index (κ3) is 6.70. The van der Waals surface area contributed by atoms with Crippen molar-refractivity contribution < 1.29 is 0 Å². The maximum absolute atomic E-state index is 6.60. The van der Waals surface area contributed by atoms with Gasteiger partial charge < -0.3 is 4.57 Å². The molecule has 0 aliphatic heterocycles. The molecule has 0 aliphatic carbocycles. The minimum atomic E-state index is -0.857. The molecule has 8 heteroatoms. The van der Waals surface area contributed by atoms with Crippen LogP contribution in [0.25, 0.3) is 44.8 Å². The van der Waals surface area contributed by atoms with Gasteiger partial charge in [0.25, 0.3) is 0 Å². The van der Waals surface area contributed by atoms with Crippen LogP contribution in [0.3, 0.4) is 0 Å². The Bertz CT molecular complexity index is 2660. The van der Waals surface area contributed by atoms with Gasteiger partial charge in [0.15, 0.2) is 5.82 Å². The fraction of sp³-hybridized carbons (Fsp3) is 0.122. The molecular formula is C49H40ClN7. The summed E-state index contributed by atoms with van der Waals surface area (Å²) >= 11 is 6.60. The number of fused-ring (bicyclic) bond motifs is 1. The van der Waals surface area contributed by atoms with E-state index in [4.69, 9.17) is 31.9 Å². The molecule has 0 atom stereocenters. The van der Waals surface area contributed by atoms with Crippen molar-refractivity contribution in [3.63, 3.8) is 0 Å². The van der Waals surface area contributed by atoms with Crippen LogP contribution in [0.1, 0.15) is 47.8 Å². The van der Waals surface area contributed by atoms with E-state index in [0.717, 1.165) is 80.8 Å². The predicted molar refractivity (Wildman–Crippen MR) is 229 cm³/mol. The molecule has 3 heterocycles. The van der Waals surface area contributed by atoms with Crippen LogP contribution in [-0.4, -0.2) is 34.7 Å². The highest BCUT2D eigenvalue weighted by molar-refractivity contribution is 6.33. The number of halogens is 1. The first-order valence-electron chi connectivity index (χ1n) is 19.4. The van der Waals surface area contributed by atoms with Gasteiger partial charge in [-0.3, -0.25) is 4.98 Å². The number of benzene rings is 6. The normalized spacial score (nSPS) is 11.6. The van der Waals surface area contributed by atoms with E-state index in [9.17, 15) is 0 Å². The summed E-state index contributed by atoms with van der Waals surface area (Å²) in [6.45, 7) is 2.89. The second-order valence-corrected chi connectivity index (χ2v) is 14.6. The quantitative estimate of drug-likeness (QED) is 0.116. The second-order valence-electron chi connectivity index (χ2n) is 14.2. The molecule has 0 N–H and O–H groups in total. The van der Waals surface area contributed by atoms with Crippen molar-refractivity contribution in [2.75, 3.05) is 0 Å². The van der Waals surface area contributed by atoms with Gasteiger partial charge in [0, 0.05) is 29.1 Å². The summed E-state index contributed by atoms with van der Waals surface area (Å²) in [5.41, 5.74) is 10.2. The van der Waals surface area contributed by atoms with Crippen molar-refractivity contribution in [3.8, 4) is 33.8 Å². The maximum atomic E-state index is 6.60. The van der Waals surface area contributed by atoms with Gasteiger partial charge >= 0.3 is 0 Å². The molecule has 9 rings (SSSR count). The maximum Gasteiger partial charge on any atom is 0.184 e. The predicted octanol–water partition coefficient (Wildman–Crippen LogP) is 11.3. The van der Waals surface area contributed by atoms with Crippen molar-refractivity contribution in [3.05, 3.63) is 209 Å². The highest BCUT2D eigenvalue weighted by Gasteiger charge is 2.42. The first kappa shape index (κ1) is 36.0. The van der Waals surface area contributed by atoms with E-state index in [1.54, 1.807) is 0 Å². The summed E-state index contributed by atoms with van der Waals surface area (Å²) in [4.78, 5) is 9.80. The Morgan fingerprint density at radius 2 is 1.21 bits per heavy atom. The lowest BCUT2D eigenvalue weighted by molar-refractivity contribution is 0.451. The van der Waals surface area contributed by atoms with Crippen LogP contribution in [0.15, 0.2) is 176 Å². The average Bonchev–Trinajstić information content (AvgIpc) is 3.90. The molecule has 0 fully saturated rings. The SMILES string of the molecule is CCCCc1nc2cnc(-c3ccccc3Cl)cc2n1Cc1ccc(-c2ccccc2-c2nnnn2C(c2ccccc2)(c2ccccc2)c2ccccc2)cc1. The van der Waals surface area contributed by atoms with Crippen LogP contribution in [0.4, 0.5) is 0 Å². The van der Waals surface area contributed by atoms with E-state index in [-0.39, 0.29) is 0 Å². The number of aryl methyl sites for hydroxylation is 1. The van der Waals surface area contributed by atoms with Gasteiger partial charge in [0.05, 0.1) is 17.4 Å². The highest BCUT2D eigenvalue weighted by Crippen LogP contribution is 2.43. The molecule has 0 amide bonds. The molecule has 0 radical (unpaired) electrons. The molecule has 0 saturated heterocycles. The Morgan fingerprint density at radius 3 is 1.82 bits per heavy atom. The number of hydrogen-bond donors (Lipinski definition) is 0. The minimum Gasteiger partial charge on any atom is -0.323 e. The van der Waals surface area contributed by atoms with Crippen LogP contribution in [-0.2, 0) is 18.5 Å². The molecule has 7 nitrogen and oxygen atoms in total. The number of nitrogens with zero attached hydrogens (tertiary/aromatic N) is 7. The molecule has 6 aromatic carbocycles. The smallest absolute Gasteiger partial charge is 0.184 e. The molecule has 0 unspecified atom stereocenters. The highest BCUT2D eigenvalue weighted by atomic mass is 35.5. The zero-order valence-electron chi connectivity index (χ0n) is 31.6. The van der Waals surface area contributed by atoms with E-state index in [1.807, 2.05) is 53.3 Å². The molecule has 57 heavy (non-hydrogen) atoms. The Balaban J connectivity index is 1.12. The summed E-state index contributed by atoms with van der Waals surface area (Å²) in [6.07, 6.45) is 4.91. The Hall–Kier alpha value is -6.70. The van der Waals surface area contributed by atoms with Crippen LogP contribution < -0.4 is 0 Å². The molecule has 0 bridgehead atoms. The monoisotopic (exact) mass is 761 g/mol. The lowest BCUT2D eigenvalue weighted by Crippen LogP contribution is -2.39. The first-order chi connectivity index (χ1) is 28.1. The summed E-state index contributed by atoms with van der Waals surface area (Å²) in [5, 5.41) is 14.6. The van der Waals surface area contributed by atoms with Crippen molar-refractivity contribution in [2.24, 2.45) is 0 Å². The van der Waals surface area contributed by atoms with Gasteiger partial charge in [-0.25, -0.2) is 9.67 Å². The standard InChI is InChI=1S/C49H40ClN7/c1-2-3-27-47-52-45-33-51-44(42-25-15-16-26-43(42)50)32-46(45)56(47)34-35-28-30-36(31-29-35)40-23-13-14-24-41(40)48-53-54-55-57(48)49(37-17-7-4-8-18-37,38-19-9-5-10-20-38)39-21-11-6-12-22-39/h4-26,28-33H,2-3,27,34H2,1H3. The summed E-state index contributed by atoms with van der Waals surface area (Å²) in [5.74, 6) is 1.73. The van der Waals surface area contributed by atoms with E-state index in [1.165, 1.54) is 5.56 Å². The Labute approximate surface area is 337 Å². The van der Waals surface area contributed by atoms with Gasteiger partial charge in [-0.15, -0.1) is 5.10 Å². The van der Waals surface area contributed by atoms with E-state index < -0.39 is 5.54 Å². The molecular weight excluding hydrogens is 722 g/mol. The van der Waals surface area contributed by atoms with Crippen LogP contribution in [0, 0.1) is 0 Å². The average molecular weight is 762 g/mol. The fourth-order valence-corrected chi connectivity index (χ4v) is 8.22. The molecule has 0 spiro atoms. The zero-order chi connectivity index (χ0) is 38.6. The van der Waals surface area contributed by atoms with Gasteiger partial charge in [-0.1, -0.05) is 183 Å². The third-order valence-corrected chi connectivity index (χ3v) is 11.1. The lowest BCUT2D eigenvalue weighted by atomic mass is 9.77. The Kier molecular flexibility index (Phi) is 9.97. The number of pyridine rings is 1. The topological polar surface area (TPSA) is 74.3 Å². The largest absolute Gasteiger partial charge is 0.323 e. The van der Waals surface area contributed by atoms with Gasteiger partial charge in [0.1, 0.15) is 16.9 Å². The number of tetrazole rings is 1. The van der Waals surface area contributed by atoms with Crippen LogP contribution >= 0.6 is 11.6 Å². The van der Waals surface area contributed by atoms with Crippen molar-refractivity contribution >= 4 is 22.6 Å². The molecule has 3 aromatic heterocycles. The zero-order valence-corrected chi connectivity index (χ0v) is 32.3. The van der Waals surface area contributed by atoms with Gasteiger partial charge in [-0.05, 0) is 62.4 Å². The van der Waals surface area contributed by atoms with Crippen molar-refractivity contribution in [2.45, 2.75) is 38.3 Å². The number of hydrogen-bond acceptors (Lipinski definition) is 5. The lowest BCUT2D eigenvalue weighted by Gasteiger charge is -2.36. The number of aromatic nitrogens is 7. The molecule has 0 aliphatic rings. The van der Waals surface area contributed by atoms with Crippen LogP contribution in [0.5, 0.6) is 0 Å². The second kappa shape index (κ2) is 15.8. The van der Waals surface area contributed by atoms with Crippen molar-refractivity contribution in [1.29, 1.82) is 0 Å². The number of rotatable bonds is 12. The summed E-state index contributed by atoms with van der Waals surface area (Å²) in [7, 11) is 0. The van der Waals surface area contributed by atoms with E-state index >= 15 is 0 Å². The minimum absolute atomic E-state index is 0.666. The summed E-state index contributed by atoms with van der Waals surface area (Å²) in [6, 6.07) is 58.6. The molecule has 278 valence electrons. The van der Waals surface area contributed by atoms with Gasteiger partial charge in [-0.2, -0.15) is 0 Å². The molecule has 0 saturated carbocycles. The Morgan fingerprint density at radius 1 is 0.632 bits per heavy atom. The number of unbranched alkanes of at least 4 members (excludes halogenated alkanes) is 1. The first-order valence-corrected chi connectivity index (χ1v) is 19.8. The third-order valence-electron chi connectivity index (χ3n) is 10.8. The van der Waals surface area contributed by atoms with Crippen LogP contribution in [0.2, 0.25) is 5.02 Å². The fourth-order valence-electron chi connectivity index (χ4n) is 7.98. The van der Waals surface area contributed by atoms with Gasteiger partial charge in [0.2, 0.25) is 0 Å². The molecule has 9 aromatic rings. The number of imidazole rings is 1. The summed E-state index contributed by atoms with van der Waals surface area (Å²) < 4.78 is 4.33. The van der Waals surface area contributed by atoms with E-state index in [2.05, 4.69) is 144 Å². The van der Waals surface area contributed by atoms with Crippen molar-refractivity contribution in [1.82, 2.24) is 34.7 Å².